The van der Waals surface area contributed by atoms with Gasteiger partial charge in [0.15, 0.2) is 11.6 Å². The SMILES string of the molecule is Cc1ccnc(Nc2ccc(N3CCN(C(=O)c4c(C)nc5ccccn45)CC3)nn2)c1. The molecular weight excluding hydrogens is 404 g/mol. The Morgan fingerprint density at radius 3 is 2.56 bits per heavy atom. The van der Waals surface area contributed by atoms with Crippen LogP contribution >= 0.6 is 0 Å². The maximum Gasteiger partial charge on any atom is 0.272 e. The summed E-state index contributed by atoms with van der Waals surface area (Å²) < 4.78 is 1.87. The summed E-state index contributed by atoms with van der Waals surface area (Å²) in [5, 5.41) is 11.8. The Balaban J connectivity index is 1.23. The molecule has 0 aromatic carbocycles. The van der Waals surface area contributed by atoms with Gasteiger partial charge in [0.2, 0.25) is 0 Å². The molecule has 5 rings (SSSR count). The molecule has 9 nitrogen and oxygen atoms in total. The highest BCUT2D eigenvalue weighted by atomic mass is 16.2. The van der Waals surface area contributed by atoms with E-state index in [4.69, 9.17) is 0 Å². The number of pyridine rings is 2. The van der Waals surface area contributed by atoms with E-state index in [1.54, 1.807) is 6.20 Å². The zero-order valence-electron chi connectivity index (χ0n) is 18.1. The van der Waals surface area contributed by atoms with Crippen LogP contribution in [0.25, 0.3) is 5.65 Å². The highest BCUT2D eigenvalue weighted by molar-refractivity contribution is 5.94. The standard InChI is InChI=1S/C23H24N8O/c1-16-8-9-24-19(15-16)26-18-6-7-21(28-27-18)29-11-13-30(14-12-29)23(32)22-17(2)25-20-5-3-4-10-31(20)22/h3-10,15H,11-14H2,1-2H3,(H,24,26,27). The number of piperazine rings is 1. The van der Waals surface area contributed by atoms with Crippen molar-refractivity contribution in [1.29, 1.82) is 0 Å². The number of carbonyl (C=O) groups excluding carboxylic acids is 1. The number of aryl methyl sites for hydroxylation is 2. The number of amides is 1. The van der Waals surface area contributed by atoms with Gasteiger partial charge >= 0.3 is 0 Å². The molecule has 0 aliphatic carbocycles. The Labute approximate surface area is 185 Å². The fraction of sp³-hybridized carbons (Fsp3) is 0.261. The Kier molecular flexibility index (Phi) is 5.14. The van der Waals surface area contributed by atoms with Crippen LogP contribution in [0.15, 0.2) is 54.9 Å². The van der Waals surface area contributed by atoms with Gasteiger partial charge in [-0.25, -0.2) is 9.97 Å². The third-order valence-electron chi connectivity index (χ3n) is 5.62. The lowest BCUT2D eigenvalue weighted by atomic mass is 10.2. The molecular formula is C23H24N8O. The molecule has 1 aliphatic heterocycles. The minimum absolute atomic E-state index is 0.0112. The fourth-order valence-corrected chi connectivity index (χ4v) is 3.96. The quantitative estimate of drug-likeness (QED) is 0.534. The van der Waals surface area contributed by atoms with Crippen LogP contribution in [0.2, 0.25) is 0 Å². The predicted molar refractivity (Wildman–Crippen MR) is 122 cm³/mol. The van der Waals surface area contributed by atoms with Gasteiger partial charge in [-0.1, -0.05) is 6.07 Å². The minimum atomic E-state index is 0.0112. The second kappa shape index (κ2) is 8.26. The van der Waals surface area contributed by atoms with Crippen LogP contribution in [0.1, 0.15) is 21.7 Å². The molecule has 0 saturated carbocycles. The van der Waals surface area contributed by atoms with Crippen LogP contribution in [-0.2, 0) is 0 Å². The van der Waals surface area contributed by atoms with E-state index in [1.165, 1.54) is 0 Å². The van der Waals surface area contributed by atoms with Gasteiger partial charge in [0.25, 0.3) is 5.91 Å². The highest BCUT2D eigenvalue weighted by Gasteiger charge is 2.26. The van der Waals surface area contributed by atoms with Crippen LogP contribution in [-0.4, -0.2) is 61.6 Å². The summed E-state index contributed by atoms with van der Waals surface area (Å²) in [6.45, 7) is 6.53. The Morgan fingerprint density at radius 1 is 0.969 bits per heavy atom. The van der Waals surface area contributed by atoms with E-state index in [0.29, 0.717) is 37.7 Å². The molecule has 1 N–H and O–H groups in total. The van der Waals surface area contributed by atoms with Gasteiger partial charge < -0.3 is 15.1 Å². The topological polar surface area (TPSA) is 91.6 Å². The number of hydrogen-bond acceptors (Lipinski definition) is 7. The lowest BCUT2D eigenvalue weighted by molar-refractivity contribution is 0.0738. The molecule has 5 heterocycles. The first-order valence-corrected chi connectivity index (χ1v) is 10.6. The number of nitrogens with zero attached hydrogens (tertiary/aromatic N) is 7. The molecule has 0 bridgehead atoms. The molecule has 1 aliphatic rings. The molecule has 1 fully saturated rings. The first-order valence-electron chi connectivity index (χ1n) is 10.6. The lowest BCUT2D eigenvalue weighted by Gasteiger charge is -2.35. The molecule has 32 heavy (non-hydrogen) atoms. The van der Waals surface area contributed by atoms with Crippen LogP contribution < -0.4 is 10.2 Å². The molecule has 0 atom stereocenters. The molecule has 1 saturated heterocycles. The Hall–Kier alpha value is -4.01. The van der Waals surface area contributed by atoms with E-state index in [2.05, 4.69) is 30.4 Å². The van der Waals surface area contributed by atoms with Gasteiger partial charge in [-0.3, -0.25) is 9.20 Å². The molecule has 0 unspecified atom stereocenters. The lowest BCUT2D eigenvalue weighted by Crippen LogP contribution is -2.49. The number of fused-ring (bicyclic) bond motifs is 1. The molecule has 0 spiro atoms. The van der Waals surface area contributed by atoms with Gasteiger partial charge in [0.05, 0.1) is 5.69 Å². The van der Waals surface area contributed by atoms with E-state index < -0.39 is 0 Å². The number of hydrogen-bond donors (Lipinski definition) is 1. The molecule has 4 aromatic heterocycles. The summed E-state index contributed by atoms with van der Waals surface area (Å²) in [5.74, 6) is 2.19. The van der Waals surface area contributed by atoms with Crippen LogP contribution in [0.5, 0.6) is 0 Å². The van der Waals surface area contributed by atoms with Gasteiger partial charge in [-0.15, -0.1) is 10.2 Å². The molecule has 1 amide bonds. The van der Waals surface area contributed by atoms with Crippen LogP contribution in [0.3, 0.4) is 0 Å². The number of rotatable bonds is 4. The van der Waals surface area contributed by atoms with E-state index in [1.807, 2.05) is 71.8 Å². The van der Waals surface area contributed by atoms with Crippen molar-refractivity contribution < 1.29 is 4.79 Å². The predicted octanol–water partition coefficient (Wildman–Crippen LogP) is 2.84. The summed E-state index contributed by atoms with van der Waals surface area (Å²) in [6, 6.07) is 13.5. The van der Waals surface area contributed by atoms with Crippen molar-refractivity contribution in [3.05, 3.63) is 71.8 Å². The summed E-state index contributed by atoms with van der Waals surface area (Å²) in [4.78, 5) is 26.0. The average Bonchev–Trinajstić information content (AvgIpc) is 3.15. The number of imidazole rings is 1. The van der Waals surface area contributed by atoms with Gasteiger partial charge in [0.1, 0.15) is 17.2 Å². The maximum absolute atomic E-state index is 13.2. The number of nitrogens with one attached hydrogen (secondary N) is 1. The number of anilines is 3. The normalized spacial score (nSPS) is 14.1. The van der Waals surface area contributed by atoms with Crippen molar-refractivity contribution in [2.75, 3.05) is 36.4 Å². The van der Waals surface area contributed by atoms with Crippen molar-refractivity contribution in [2.24, 2.45) is 0 Å². The van der Waals surface area contributed by atoms with E-state index >= 15 is 0 Å². The monoisotopic (exact) mass is 428 g/mol. The zero-order chi connectivity index (χ0) is 22.1. The third-order valence-corrected chi connectivity index (χ3v) is 5.62. The fourth-order valence-electron chi connectivity index (χ4n) is 3.96. The smallest absolute Gasteiger partial charge is 0.272 e. The zero-order valence-corrected chi connectivity index (χ0v) is 18.1. The molecule has 162 valence electrons. The summed E-state index contributed by atoms with van der Waals surface area (Å²) >= 11 is 0. The first kappa shape index (κ1) is 19.9. The largest absolute Gasteiger partial charge is 0.352 e. The van der Waals surface area contributed by atoms with Gasteiger partial charge in [-0.05, 0) is 55.8 Å². The Bertz CT molecular complexity index is 1260. The number of aromatic nitrogens is 5. The van der Waals surface area contributed by atoms with Crippen molar-refractivity contribution in [2.45, 2.75) is 13.8 Å². The van der Waals surface area contributed by atoms with Crippen molar-refractivity contribution in [1.82, 2.24) is 29.5 Å². The van der Waals surface area contributed by atoms with Gasteiger partial charge in [-0.2, -0.15) is 0 Å². The van der Waals surface area contributed by atoms with Crippen molar-refractivity contribution >= 4 is 29.0 Å². The summed E-state index contributed by atoms with van der Waals surface area (Å²) in [7, 11) is 0. The molecule has 4 aromatic rings. The average molecular weight is 429 g/mol. The van der Waals surface area contributed by atoms with E-state index in [-0.39, 0.29) is 5.91 Å². The van der Waals surface area contributed by atoms with Crippen LogP contribution in [0.4, 0.5) is 17.5 Å². The van der Waals surface area contributed by atoms with E-state index in [9.17, 15) is 4.79 Å². The molecule has 0 radical (unpaired) electrons. The van der Waals surface area contributed by atoms with Crippen LogP contribution in [0, 0.1) is 13.8 Å². The summed E-state index contributed by atoms with van der Waals surface area (Å²) in [5.41, 5.74) is 3.30. The second-order valence-electron chi connectivity index (χ2n) is 7.87. The molecule has 9 heteroatoms. The second-order valence-corrected chi connectivity index (χ2v) is 7.87. The number of carbonyl (C=O) groups is 1. The first-order chi connectivity index (χ1) is 15.6. The highest BCUT2D eigenvalue weighted by Crippen LogP contribution is 2.19. The van der Waals surface area contributed by atoms with Crippen molar-refractivity contribution in [3.8, 4) is 0 Å². The van der Waals surface area contributed by atoms with Gasteiger partial charge in [0, 0.05) is 38.6 Å². The maximum atomic E-state index is 13.2. The minimum Gasteiger partial charge on any atom is -0.352 e. The van der Waals surface area contributed by atoms with E-state index in [0.717, 1.165) is 28.5 Å². The third kappa shape index (κ3) is 3.84. The van der Waals surface area contributed by atoms with Crippen molar-refractivity contribution in [3.63, 3.8) is 0 Å². The summed E-state index contributed by atoms with van der Waals surface area (Å²) in [6.07, 6.45) is 3.64. The Morgan fingerprint density at radius 2 is 1.81 bits per heavy atom.